The molecule has 5 heteroatoms. The Morgan fingerprint density at radius 2 is 1.53 bits per heavy atom. The Hall–Kier alpha value is -3.99. The van der Waals surface area contributed by atoms with Crippen LogP contribution in [0.1, 0.15) is 26.3 Å². The van der Waals surface area contributed by atoms with Gasteiger partial charge in [0.25, 0.3) is 0 Å². The molecule has 5 rings (SSSR count). The zero-order valence-corrected chi connectivity index (χ0v) is 18.3. The number of hydrogen-bond donors (Lipinski definition) is 1. The second-order valence-electron chi connectivity index (χ2n) is 8.78. The molecule has 0 aliphatic heterocycles. The summed E-state index contributed by atoms with van der Waals surface area (Å²) < 4.78 is 6.22. The summed E-state index contributed by atoms with van der Waals surface area (Å²) in [6.45, 7) is 6.63. The molecule has 2 aromatic heterocycles. The van der Waals surface area contributed by atoms with Gasteiger partial charge < -0.3 is 4.42 Å². The van der Waals surface area contributed by atoms with E-state index in [0.717, 1.165) is 38.6 Å². The van der Waals surface area contributed by atoms with Crippen molar-refractivity contribution in [2.75, 3.05) is 5.43 Å². The molecule has 0 saturated carbocycles. The summed E-state index contributed by atoms with van der Waals surface area (Å²) in [7, 11) is 0. The summed E-state index contributed by atoms with van der Waals surface area (Å²) in [5.41, 5.74) is 7.17. The van der Waals surface area contributed by atoms with E-state index in [1.165, 1.54) is 5.56 Å². The van der Waals surface area contributed by atoms with Crippen LogP contribution in [0.5, 0.6) is 0 Å². The predicted molar refractivity (Wildman–Crippen MR) is 129 cm³/mol. The van der Waals surface area contributed by atoms with Crippen molar-refractivity contribution in [3.05, 3.63) is 96.1 Å². The summed E-state index contributed by atoms with van der Waals surface area (Å²) in [6.07, 6.45) is 1.54. The number of fused-ring (bicyclic) bond motifs is 2. The molecule has 1 N–H and O–H groups in total. The van der Waals surface area contributed by atoms with Crippen LogP contribution in [-0.4, -0.2) is 9.97 Å². The average molecular weight is 421 g/mol. The van der Waals surface area contributed by atoms with Gasteiger partial charge in [-0.25, -0.2) is 9.97 Å². The number of para-hydroxylation sites is 2. The normalized spacial score (nSPS) is 12.4. The number of benzene rings is 3. The largest absolute Gasteiger partial charge is 0.456 e. The summed E-state index contributed by atoms with van der Waals surface area (Å²) in [5, 5.41) is 7.32. The smallest absolute Gasteiger partial charge is 0.157 e. The van der Waals surface area contributed by atoms with Crippen LogP contribution in [0.3, 0.4) is 0 Å². The van der Waals surface area contributed by atoms with Crippen molar-refractivity contribution >= 4 is 27.7 Å². The van der Waals surface area contributed by atoms with Gasteiger partial charge in [0.15, 0.2) is 5.82 Å². The summed E-state index contributed by atoms with van der Waals surface area (Å²) in [4.78, 5) is 8.69. The molecule has 3 aromatic carbocycles. The van der Waals surface area contributed by atoms with Crippen LogP contribution < -0.4 is 10.8 Å². The van der Waals surface area contributed by atoms with Crippen molar-refractivity contribution in [1.82, 2.24) is 9.97 Å². The SMILES string of the molecule is CC(C)(C)c1ccc(-c2c/c(=N\Nc3ncnc4ccccc34)c3ccccc3o2)cc1. The first kappa shape index (κ1) is 19.9. The second-order valence-corrected chi connectivity index (χ2v) is 8.78. The molecule has 5 aromatic rings. The maximum Gasteiger partial charge on any atom is 0.157 e. The highest BCUT2D eigenvalue weighted by atomic mass is 16.3. The van der Waals surface area contributed by atoms with E-state index in [-0.39, 0.29) is 5.41 Å². The molecule has 0 unspecified atom stereocenters. The van der Waals surface area contributed by atoms with Crippen LogP contribution in [0.25, 0.3) is 33.2 Å². The maximum absolute atomic E-state index is 6.22. The Labute approximate surface area is 186 Å². The monoisotopic (exact) mass is 420 g/mol. The number of hydrogen-bond acceptors (Lipinski definition) is 5. The third kappa shape index (κ3) is 3.85. The van der Waals surface area contributed by atoms with Gasteiger partial charge in [0.1, 0.15) is 17.7 Å². The van der Waals surface area contributed by atoms with Crippen LogP contribution in [0.15, 0.2) is 94.7 Å². The van der Waals surface area contributed by atoms with Crippen LogP contribution in [-0.2, 0) is 5.41 Å². The second kappa shape index (κ2) is 7.93. The zero-order chi connectivity index (χ0) is 22.1. The minimum atomic E-state index is 0.101. The number of aromatic nitrogens is 2. The Morgan fingerprint density at radius 1 is 0.812 bits per heavy atom. The molecule has 0 aliphatic rings. The van der Waals surface area contributed by atoms with Gasteiger partial charge in [-0.1, -0.05) is 69.3 Å². The van der Waals surface area contributed by atoms with E-state index in [1.807, 2.05) is 54.6 Å². The summed E-state index contributed by atoms with van der Waals surface area (Å²) in [6, 6.07) is 26.2. The Balaban J connectivity index is 1.61. The molecule has 0 aliphatic carbocycles. The third-order valence-electron chi connectivity index (χ3n) is 5.51. The molecule has 0 atom stereocenters. The minimum absolute atomic E-state index is 0.101. The topological polar surface area (TPSA) is 63.3 Å². The lowest BCUT2D eigenvalue weighted by atomic mass is 9.86. The molecule has 0 saturated heterocycles. The third-order valence-corrected chi connectivity index (χ3v) is 5.51. The van der Waals surface area contributed by atoms with Crippen molar-refractivity contribution < 1.29 is 4.42 Å². The first-order valence-corrected chi connectivity index (χ1v) is 10.6. The molecule has 0 fully saturated rings. The molecule has 158 valence electrons. The Bertz CT molecular complexity index is 1470. The van der Waals surface area contributed by atoms with Crippen LogP contribution in [0, 0.1) is 0 Å². The maximum atomic E-state index is 6.22. The molecule has 32 heavy (non-hydrogen) atoms. The van der Waals surface area contributed by atoms with Crippen molar-refractivity contribution in [3.63, 3.8) is 0 Å². The van der Waals surface area contributed by atoms with Crippen LogP contribution in [0.2, 0.25) is 0 Å². The van der Waals surface area contributed by atoms with E-state index in [4.69, 9.17) is 9.52 Å². The fourth-order valence-corrected chi connectivity index (χ4v) is 3.69. The lowest BCUT2D eigenvalue weighted by Crippen LogP contribution is -2.10. The predicted octanol–water partition coefficient (Wildman–Crippen LogP) is 6.27. The highest BCUT2D eigenvalue weighted by Gasteiger charge is 2.14. The molecular weight excluding hydrogens is 396 g/mol. The molecule has 0 bridgehead atoms. The summed E-state index contributed by atoms with van der Waals surface area (Å²) >= 11 is 0. The fraction of sp³-hybridized carbons (Fsp3) is 0.148. The van der Waals surface area contributed by atoms with Gasteiger partial charge >= 0.3 is 0 Å². The van der Waals surface area contributed by atoms with E-state index in [0.29, 0.717) is 5.82 Å². The standard InChI is InChI=1S/C27H24N4O/c1-27(2,3)19-14-12-18(13-15-19)25-16-23(20-8-5-7-11-24(20)32-25)30-31-26-21-9-4-6-10-22(21)28-17-29-26/h4-17H,1-3H3,(H,28,29,31)/b30-23+. The fourth-order valence-electron chi connectivity index (χ4n) is 3.69. The molecule has 0 radical (unpaired) electrons. The number of nitrogens with one attached hydrogen (secondary N) is 1. The minimum Gasteiger partial charge on any atom is -0.456 e. The van der Waals surface area contributed by atoms with Gasteiger partial charge in [-0.2, -0.15) is 5.10 Å². The molecule has 0 amide bonds. The van der Waals surface area contributed by atoms with Crippen LogP contribution >= 0.6 is 0 Å². The van der Waals surface area contributed by atoms with Gasteiger partial charge in [0, 0.05) is 22.4 Å². The average Bonchev–Trinajstić information content (AvgIpc) is 2.82. The number of anilines is 1. The Kier molecular flexibility index (Phi) is 4.94. The number of nitrogens with zero attached hydrogens (tertiary/aromatic N) is 3. The highest BCUT2D eigenvalue weighted by molar-refractivity contribution is 5.88. The van der Waals surface area contributed by atoms with Gasteiger partial charge in [-0.15, -0.1) is 0 Å². The number of rotatable bonds is 3. The highest BCUT2D eigenvalue weighted by Crippen LogP contribution is 2.27. The first-order chi connectivity index (χ1) is 15.5. The van der Waals surface area contributed by atoms with E-state index < -0.39 is 0 Å². The van der Waals surface area contributed by atoms with Crippen LogP contribution in [0.4, 0.5) is 5.82 Å². The van der Waals surface area contributed by atoms with Crippen molar-refractivity contribution in [3.8, 4) is 11.3 Å². The zero-order valence-electron chi connectivity index (χ0n) is 18.3. The summed E-state index contributed by atoms with van der Waals surface area (Å²) in [5.74, 6) is 1.42. The van der Waals surface area contributed by atoms with Crippen molar-refractivity contribution in [1.29, 1.82) is 0 Å². The molecule has 0 spiro atoms. The first-order valence-electron chi connectivity index (χ1n) is 10.6. The lowest BCUT2D eigenvalue weighted by Gasteiger charge is -2.19. The molecule has 5 nitrogen and oxygen atoms in total. The lowest BCUT2D eigenvalue weighted by molar-refractivity contribution is 0.589. The molecule has 2 heterocycles. The van der Waals surface area contributed by atoms with Crippen molar-refractivity contribution in [2.45, 2.75) is 26.2 Å². The Morgan fingerprint density at radius 3 is 2.31 bits per heavy atom. The van der Waals surface area contributed by atoms with E-state index >= 15 is 0 Å². The van der Waals surface area contributed by atoms with Gasteiger partial charge in [0.2, 0.25) is 0 Å². The van der Waals surface area contributed by atoms with Gasteiger partial charge in [0.05, 0.1) is 10.9 Å². The van der Waals surface area contributed by atoms with E-state index in [2.05, 4.69) is 60.4 Å². The van der Waals surface area contributed by atoms with E-state index in [1.54, 1.807) is 6.33 Å². The molecular formula is C27H24N4O. The van der Waals surface area contributed by atoms with Gasteiger partial charge in [-0.3, -0.25) is 5.43 Å². The van der Waals surface area contributed by atoms with Gasteiger partial charge in [-0.05, 0) is 35.2 Å². The van der Waals surface area contributed by atoms with E-state index in [9.17, 15) is 0 Å². The van der Waals surface area contributed by atoms with Crippen molar-refractivity contribution in [2.24, 2.45) is 5.10 Å². The quantitative estimate of drug-likeness (QED) is 0.350.